The van der Waals surface area contributed by atoms with E-state index in [4.69, 9.17) is 0 Å². The molecule has 2 aliphatic heterocycles. The van der Waals surface area contributed by atoms with Crippen molar-refractivity contribution in [2.75, 3.05) is 11.4 Å². The monoisotopic (exact) mass is 502 g/mol. The molecule has 0 spiro atoms. The number of nitrogens with one attached hydrogen (secondary N) is 2. The first-order chi connectivity index (χ1) is 17.3. The standard InChI is InChI=1S/C27H23FN4O3S/c1-16-26-24-17(14-29-16)15-32(20-10-7-18(28)8-11-20)23-12-9-19(13-22(23)25(24)27(33)30-26)31-36(34,35)21-5-3-2-4-6-21/h2-12,14,16,29-30,33H,13,15H2,1H3. The molecule has 1 aliphatic carbocycles. The number of sulfonamides is 1. The molecule has 6 rings (SSSR count). The third-order valence-electron chi connectivity index (χ3n) is 6.71. The van der Waals surface area contributed by atoms with Gasteiger partial charge in [0.05, 0.1) is 23.2 Å². The predicted octanol–water partition coefficient (Wildman–Crippen LogP) is 4.89. The molecule has 0 bridgehead atoms. The zero-order valence-corrected chi connectivity index (χ0v) is 20.2. The van der Waals surface area contributed by atoms with Crippen molar-refractivity contribution in [3.63, 3.8) is 0 Å². The van der Waals surface area contributed by atoms with Gasteiger partial charge < -0.3 is 20.3 Å². The number of fused-ring (bicyclic) bond motifs is 1. The molecular weight excluding hydrogens is 479 g/mol. The Morgan fingerprint density at radius 1 is 1.06 bits per heavy atom. The van der Waals surface area contributed by atoms with Crippen LogP contribution in [0.5, 0.6) is 5.88 Å². The van der Waals surface area contributed by atoms with E-state index in [9.17, 15) is 17.9 Å². The summed E-state index contributed by atoms with van der Waals surface area (Å²) in [5.41, 5.74) is 6.03. The van der Waals surface area contributed by atoms with Crippen LogP contribution in [0.2, 0.25) is 0 Å². The molecule has 0 radical (unpaired) electrons. The lowest BCUT2D eigenvalue weighted by molar-refractivity contribution is 0.452. The predicted molar refractivity (Wildman–Crippen MR) is 137 cm³/mol. The molecule has 0 saturated heterocycles. The summed E-state index contributed by atoms with van der Waals surface area (Å²) in [4.78, 5) is 5.28. The molecular formula is C27H23FN4O3S. The van der Waals surface area contributed by atoms with Crippen molar-refractivity contribution in [1.82, 2.24) is 10.3 Å². The normalized spacial score (nSPS) is 19.9. The second-order valence-corrected chi connectivity index (χ2v) is 10.6. The summed E-state index contributed by atoms with van der Waals surface area (Å²) in [7, 11) is -3.91. The van der Waals surface area contributed by atoms with E-state index >= 15 is 0 Å². The summed E-state index contributed by atoms with van der Waals surface area (Å²) in [5, 5.41) is 14.4. The lowest BCUT2D eigenvalue weighted by Crippen LogP contribution is -2.27. The average molecular weight is 503 g/mol. The smallest absolute Gasteiger partial charge is 0.282 e. The topological polar surface area (TPSA) is 97.8 Å². The summed E-state index contributed by atoms with van der Waals surface area (Å²) in [6.07, 6.45) is 5.64. The number of anilines is 1. The summed E-state index contributed by atoms with van der Waals surface area (Å²) in [5.74, 6) is -0.309. The van der Waals surface area contributed by atoms with Gasteiger partial charge in [0.25, 0.3) is 10.0 Å². The Balaban J connectivity index is 1.52. The number of nitrogens with zero attached hydrogens (tertiary/aromatic N) is 2. The molecule has 3 N–H and O–H groups in total. The average Bonchev–Trinajstić information content (AvgIpc) is 3.15. The van der Waals surface area contributed by atoms with Crippen LogP contribution in [-0.4, -0.2) is 30.8 Å². The van der Waals surface area contributed by atoms with Gasteiger partial charge in [0.1, 0.15) is 5.82 Å². The number of allylic oxidation sites excluding steroid dienone is 3. The number of rotatable bonds is 3. The molecule has 1 atom stereocenters. The second-order valence-electron chi connectivity index (χ2n) is 9.00. The Bertz CT molecular complexity index is 1600. The number of aromatic nitrogens is 1. The van der Waals surface area contributed by atoms with E-state index in [0.29, 0.717) is 17.8 Å². The largest absolute Gasteiger partial charge is 0.494 e. The molecule has 1 aromatic heterocycles. The number of H-pyrrole nitrogens is 1. The lowest BCUT2D eigenvalue weighted by atomic mass is 9.89. The van der Waals surface area contributed by atoms with Crippen LogP contribution in [0.4, 0.5) is 10.1 Å². The Labute approximate surface area is 208 Å². The maximum Gasteiger partial charge on any atom is 0.282 e. The van der Waals surface area contributed by atoms with Gasteiger partial charge in [0, 0.05) is 40.8 Å². The van der Waals surface area contributed by atoms with E-state index in [2.05, 4.69) is 14.7 Å². The van der Waals surface area contributed by atoms with Crippen LogP contribution >= 0.6 is 0 Å². The van der Waals surface area contributed by atoms with Gasteiger partial charge in [-0.3, -0.25) is 0 Å². The van der Waals surface area contributed by atoms with Gasteiger partial charge in [-0.2, -0.15) is 12.8 Å². The Kier molecular flexibility index (Phi) is 5.11. The summed E-state index contributed by atoms with van der Waals surface area (Å²) in [6, 6.07) is 14.3. The van der Waals surface area contributed by atoms with E-state index in [1.807, 2.05) is 24.1 Å². The first kappa shape index (κ1) is 22.4. The zero-order chi connectivity index (χ0) is 25.0. The minimum Gasteiger partial charge on any atom is -0.494 e. The second kappa shape index (κ2) is 8.23. The van der Waals surface area contributed by atoms with Gasteiger partial charge in [-0.05, 0) is 66.6 Å². The van der Waals surface area contributed by atoms with E-state index in [-0.39, 0.29) is 29.1 Å². The molecule has 36 heavy (non-hydrogen) atoms. The number of aromatic hydroxyl groups is 1. The third-order valence-corrected chi connectivity index (χ3v) is 8.05. The molecule has 3 heterocycles. The molecule has 0 fully saturated rings. The van der Waals surface area contributed by atoms with Gasteiger partial charge in [-0.25, -0.2) is 4.39 Å². The van der Waals surface area contributed by atoms with Crippen molar-refractivity contribution in [2.45, 2.75) is 24.3 Å². The van der Waals surface area contributed by atoms with Crippen LogP contribution in [0, 0.1) is 5.82 Å². The molecule has 2 aromatic carbocycles. The van der Waals surface area contributed by atoms with Crippen LogP contribution in [0.15, 0.2) is 87.9 Å². The van der Waals surface area contributed by atoms with E-state index < -0.39 is 10.0 Å². The van der Waals surface area contributed by atoms with Crippen molar-refractivity contribution in [3.8, 4) is 5.88 Å². The molecule has 7 nitrogen and oxygen atoms in total. The summed E-state index contributed by atoms with van der Waals surface area (Å²) < 4.78 is 43.7. The van der Waals surface area contributed by atoms with Crippen molar-refractivity contribution in [2.24, 2.45) is 4.40 Å². The highest BCUT2D eigenvalue weighted by atomic mass is 32.2. The lowest BCUT2D eigenvalue weighted by Gasteiger charge is -2.29. The molecule has 3 aliphatic rings. The number of hydrogen-bond acceptors (Lipinski definition) is 5. The molecule has 1 unspecified atom stereocenters. The highest BCUT2D eigenvalue weighted by Crippen LogP contribution is 2.47. The first-order valence-electron chi connectivity index (χ1n) is 11.6. The summed E-state index contributed by atoms with van der Waals surface area (Å²) in [6.45, 7) is 2.47. The fourth-order valence-corrected chi connectivity index (χ4v) is 6.05. The highest BCUT2D eigenvalue weighted by molar-refractivity contribution is 7.90. The number of benzene rings is 2. The SMILES string of the molecule is CC1NC=C2CN(c3ccc(F)cc3)C3=C(CC(=NS(=O)(=O)c4ccccc4)C=C3)c3c(O)[nH]c1c32. The van der Waals surface area contributed by atoms with Crippen LogP contribution in [0.1, 0.15) is 36.2 Å². The van der Waals surface area contributed by atoms with Crippen LogP contribution in [0.3, 0.4) is 0 Å². The van der Waals surface area contributed by atoms with Gasteiger partial charge in [0.15, 0.2) is 5.88 Å². The van der Waals surface area contributed by atoms with Crippen LogP contribution in [-0.2, 0) is 10.0 Å². The molecule has 0 amide bonds. The van der Waals surface area contributed by atoms with E-state index in [1.165, 1.54) is 24.3 Å². The minimum absolute atomic E-state index is 0.0236. The van der Waals surface area contributed by atoms with Crippen molar-refractivity contribution in [1.29, 1.82) is 0 Å². The van der Waals surface area contributed by atoms with Crippen LogP contribution in [0.25, 0.3) is 11.1 Å². The zero-order valence-electron chi connectivity index (χ0n) is 19.4. The van der Waals surface area contributed by atoms with Gasteiger partial charge >= 0.3 is 0 Å². The van der Waals surface area contributed by atoms with Crippen molar-refractivity contribution in [3.05, 3.63) is 101 Å². The Morgan fingerprint density at radius 2 is 1.81 bits per heavy atom. The first-order valence-corrected chi connectivity index (χ1v) is 13.0. The molecule has 0 saturated carbocycles. The number of aromatic amines is 1. The Hall–Kier alpha value is -4.11. The molecule has 182 valence electrons. The highest BCUT2D eigenvalue weighted by Gasteiger charge is 2.35. The van der Waals surface area contributed by atoms with E-state index in [1.54, 1.807) is 36.4 Å². The quantitative estimate of drug-likeness (QED) is 0.474. The van der Waals surface area contributed by atoms with Crippen molar-refractivity contribution >= 4 is 32.6 Å². The Morgan fingerprint density at radius 3 is 2.56 bits per heavy atom. The van der Waals surface area contributed by atoms with Crippen molar-refractivity contribution < 1.29 is 17.9 Å². The van der Waals surface area contributed by atoms with E-state index in [0.717, 1.165) is 33.8 Å². The van der Waals surface area contributed by atoms with Gasteiger partial charge in [-0.15, -0.1) is 0 Å². The van der Waals surface area contributed by atoms with Gasteiger partial charge in [0.2, 0.25) is 0 Å². The maximum atomic E-state index is 13.7. The minimum atomic E-state index is -3.91. The number of hydrogen-bond donors (Lipinski definition) is 3. The molecule has 3 aromatic rings. The molecule has 9 heteroatoms. The summed E-state index contributed by atoms with van der Waals surface area (Å²) >= 11 is 0. The fraction of sp³-hybridized carbons (Fsp3) is 0.148. The maximum absolute atomic E-state index is 13.7. The third kappa shape index (κ3) is 3.63. The fourth-order valence-electron chi connectivity index (χ4n) is 5.01. The van der Waals surface area contributed by atoms with Gasteiger partial charge in [-0.1, -0.05) is 18.2 Å². The number of halogens is 1. The van der Waals surface area contributed by atoms with Crippen LogP contribution < -0.4 is 10.2 Å².